The Morgan fingerprint density at radius 2 is 2.00 bits per heavy atom. The van der Waals surface area contributed by atoms with Crippen LogP contribution < -0.4 is 4.74 Å². The number of thioether (sulfide) groups is 1. The van der Waals surface area contributed by atoms with E-state index in [-0.39, 0.29) is 17.4 Å². The van der Waals surface area contributed by atoms with Crippen LogP contribution in [0.15, 0.2) is 41.8 Å². The molecule has 3 amide bonds. The van der Waals surface area contributed by atoms with E-state index in [2.05, 4.69) is 6.58 Å². The largest absolute Gasteiger partial charge is 0.489 e. The van der Waals surface area contributed by atoms with E-state index in [1.807, 2.05) is 12.1 Å². The summed E-state index contributed by atoms with van der Waals surface area (Å²) in [4.78, 5) is 40.1. The van der Waals surface area contributed by atoms with Gasteiger partial charge in [-0.25, -0.2) is 0 Å². The van der Waals surface area contributed by atoms with Crippen LogP contribution in [0.4, 0.5) is 4.79 Å². The Bertz CT molecular complexity index is 786. The second-order valence-electron chi connectivity index (χ2n) is 5.90. The van der Waals surface area contributed by atoms with Gasteiger partial charge in [-0.2, -0.15) is 0 Å². The number of imide groups is 1. The third-order valence-electron chi connectivity index (χ3n) is 4.09. The van der Waals surface area contributed by atoms with Gasteiger partial charge in [-0.3, -0.25) is 19.3 Å². The Balaban J connectivity index is 1.73. The van der Waals surface area contributed by atoms with Crippen LogP contribution in [0.2, 0.25) is 0 Å². The first-order valence-electron chi connectivity index (χ1n) is 8.54. The van der Waals surface area contributed by atoms with Gasteiger partial charge in [-0.15, -0.1) is 0 Å². The lowest BCUT2D eigenvalue weighted by molar-refractivity contribution is -0.139. The highest BCUT2D eigenvalue weighted by Crippen LogP contribution is 2.34. The number of carbonyl (C=O) groups is 3. The summed E-state index contributed by atoms with van der Waals surface area (Å²) >= 11 is 0.825. The van der Waals surface area contributed by atoms with Gasteiger partial charge in [0.05, 0.1) is 18.1 Å². The normalized spacial score (nSPS) is 18.9. The molecule has 27 heavy (non-hydrogen) atoms. The zero-order chi connectivity index (χ0) is 19.2. The number of rotatable bonds is 6. The lowest BCUT2D eigenvalue weighted by Crippen LogP contribution is -2.46. The van der Waals surface area contributed by atoms with Crippen LogP contribution in [0.25, 0.3) is 6.08 Å². The van der Waals surface area contributed by atoms with Crippen LogP contribution >= 0.6 is 11.8 Å². The Morgan fingerprint density at radius 1 is 1.26 bits per heavy atom. The standard InChI is InChI=1S/C19H20N2O5S/c1-2-9-26-15-6-4-3-5-14(15)12-16-18(23)21(19(24)27-16)13-17(22)20-7-10-25-11-8-20/h2-6,12H,1,7-11,13H2/b16-12-. The summed E-state index contributed by atoms with van der Waals surface area (Å²) in [7, 11) is 0. The van der Waals surface area contributed by atoms with Crippen LogP contribution in [0, 0.1) is 0 Å². The average Bonchev–Trinajstić information content (AvgIpc) is 2.95. The van der Waals surface area contributed by atoms with E-state index in [4.69, 9.17) is 9.47 Å². The Kier molecular flexibility index (Phi) is 6.31. The van der Waals surface area contributed by atoms with Gasteiger partial charge in [-0.05, 0) is 23.9 Å². The summed E-state index contributed by atoms with van der Waals surface area (Å²) < 4.78 is 10.8. The van der Waals surface area contributed by atoms with Crippen molar-refractivity contribution < 1.29 is 23.9 Å². The van der Waals surface area contributed by atoms with Crippen molar-refractivity contribution in [3.8, 4) is 5.75 Å². The number of nitrogens with zero attached hydrogens (tertiary/aromatic N) is 2. The zero-order valence-electron chi connectivity index (χ0n) is 14.8. The van der Waals surface area contributed by atoms with Crippen molar-refractivity contribution in [1.29, 1.82) is 0 Å². The highest BCUT2D eigenvalue weighted by Gasteiger charge is 2.37. The van der Waals surface area contributed by atoms with Gasteiger partial charge in [0.15, 0.2) is 0 Å². The molecule has 8 heteroatoms. The first-order valence-corrected chi connectivity index (χ1v) is 9.35. The quantitative estimate of drug-likeness (QED) is 0.549. The molecule has 0 unspecified atom stereocenters. The average molecular weight is 388 g/mol. The molecule has 142 valence electrons. The fourth-order valence-electron chi connectivity index (χ4n) is 2.71. The molecule has 0 aromatic heterocycles. The molecular weight excluding hydrogens is 368 g/mol. The number of hydrogen-bond acceptors (Lipinski definition) is 6. The van der Waals surface area contributed by atoms with Crippen LogP contribution in [0.1, 0.15) is 5.56 Å². The zero-order valence-corrected chi connectivity index (χ0v) is 15.6. The van der Waals surface area contributed by atoms with Gasteiger partial charge >= 0.3 is 0 Å². The molecular formula is C19H20N2O5S. The molecule has 1 aromatic carbocycles. The van der Waals surface area contributed by atoms with E-state index < -0.39 is 11.1 Å². The Morgan fingerprint density at radius 3 is 2.74 bits per heavy atom. The molecule has 0 aliphatic carbocycles. The molecule has 0 N–H and O–H groups in total. The van der Waals surface area contributed by atoms with Gasteiger partial charge < -0.3 is 14.4 Å². The second kappa shape index (κ2) is 8.88. The van der Waals surface area contributed by atoms with Crippen LogP contribution in [0.5, 0.6) is 5.75 Å². The first-order chi connectivity index (χ1) is 13.1. The molecule has 2 saturated heterocycles. The SMILES string of the molecule is C=CCOc1ccccc1/C=C1\SC(=O)N(CC(=O)N2CCOCC2)C1=O. The summed E-state index contributed by atoms with van der Waals surface area (Å²) in [5.41, 5.74) is 0.685. The molecule has 3 rings (SSSR count). The van der Waals surface area contributed by atoms with Crippen molar-refractivity contribution in [2.75, 3.05) is 39.5 Å². The van der Waals surface area contributed by atoms with Crippen molar-refractivity contribution in [2.45, 2.75) is 0 Å². The highest BCUT2D eigenvalue weighted by molar-refractivity contribution is 8.18. The second-order valence-corrected chi connectivity index (χ2v) is 6.89. The molecule has 0 atom stereocenters. The minimum Gasteiger partial charge on any atom is -0.489 e. The van der Waals surface area contributed by atoms with Crippen LogP contribution in [-0.4, -0.2) is 66.3 Å². The molecule has 2 aliphatic rings. The summed E-state index contributed by atoms with van der Waals surface area (Å²) in [6.45, 7) is 5.57. The minimum absolute atomic E-state index is 0.253. The van der Waals surface area contributed by atoms with Crippen molar-refractivity contribution in [3.05, 3.63) is 47.4 Å². The van der Waals surface area contributed by atoms with E-state index in [9.17, 15) is 14.4 Å². The smallest absolute Gasteiger partial charge is 0.294 e. The third-order valence-corrected chi connectivity index (χ3v) is 5.00. The Labute approximate surface area is 161 Å². The monoisotopic (exact) mass is 388 g/mol. The number of carbonyl (C=O) groups excluding carboxylic acids is 3. The van der Waals surface area contributed by atoms with Crippen molar-refractivity contribution in [1.82, 2.24) is 9.80 Å². The van der Waals surface area contributed by atoms with Crippen molar-refractivity contribution in [3.63, 3.8) is 0 Å². The number of amides is 3. The number of benzene rings is 1. The maximum atomic E-state index is 12.6. The predicted octanol–water partition coefficient (Wildman–Crippen LogP) is 2.15. The van der Waals surface area contributed by atoms with E-state index in [1.165, 1.54) is 0 Å². The topological polar surface area (TPSA) is 76.2 Å². The molecule has 2 aliphatic heterocycles. The number of morpholine rings is 1. The summed E-state index contributed by atoms with van der Waals surface area (Å²) in [6.07, 6.45) is 3.24. The van der Waals surface area contributed by atoms with E-state index in [0.717, 1.165) is 16.7 Å². The number of ether oxygens (including phenoxy) is 2. The van der Waals surface area contributed by atoms with Gasteiger partial charge in [0.25, 0.3) is 11.1 Å². The number of hydrogen-bond donors (Lipinski definition) is 0. The summed E-state index contributed by atoms with van der Waals surface area (Å²) in [6, 6.07) is 7.22. The highest BCUT2D eigenvalue weighted by atomic mass is 32.2. The molecule has 0 spiro atoms. The maximum Gasteiger partial charge on any atom is 0.294 e. The molecule has 7 nitrogen and oxygen atoms in total. The molecule has 0 bridgehead atoms. The third kappa shape index (κ3) is 4.58. The molecule has 0 radical (unpaired) electrons. The number of para-hydroxylation sites is 1. The summed E-state index contributed by atoms with van der Waals surface area (Å²) in [5.74, 6) is -0.129. The fourth-order valence-corrected chi connectivity index (χ4v) is 3.53. The van der Waals surface area contributed by atoms with Gasteiger partial charge in [0.2, 0.25) is 5.91 Å². The molecule has 0 saturated carbocycles. The van der Waals surface area contributed by atoms with Gasteiger partial charge in [-0.1, -0.05) is 30.9 Å². The van der Waals surface area contributed by atoms with Crippen molar-refractivity contribution in [2.24, 2.45) is 0 Å². The Hall–Kier alpha value is -2.58. The molecule has 2 fully saturated rings. The lowest BCUT2D eigenvalue weighted by atomic mass is 10.2. The van der Waals surface area contributed by atoms with E-state index in [0.29, 0.717) is 44.2 Å². The minimum atomic E-state index is -0.467. The van der Waals surface area contributed by atoms with Crippen molar-refractivity contribution >= 4 is 34.9 Å². The van der Waals surface area contributed by atoms with E-state index >= 15 is 0 Å². The predicted molar refractivity (Wildman–Crippen MR) is 102 cm³/mol. The van der Waals surface area contributed by atoms with Gasteiger partial charge in [0, 0.05) is 18.7 Å². The van der Waals surface area contributed by atoms with E-state index in [1.54, 1.807) is 29.2 Å². The summed E-state index contributed by atoms with van der Waals surface area (Å²) in [5, 5.41) is -0.447. The molecule has 2 heterocycles. The first kappa shape index (κ1) is 19.2. The van der Waals surface area contributed by atoms with Crippen LogP contribution in [-0.2, 0) is 14.3 Å². The molecule has 1 aromatic rings. The lowest BCUT2D eigenvalue weighted by Gasteiger charge is -2.28. The van der Waals surface area contributed by atoms with Crippen LogP contribution in [0.3, 0.4) is 0 Å². The van der Waals surface area contributed by atoms with Gasteiger partial charge in [0.1, 0.15) is 18.9 Å². The maximum absolute atomic E-state index is 12.6. The fraction of sp³-hybridized carbons (Fsp3) is 0.316.